The molecule has 4 heterocycles. The van der Waals surface area contributed by atoms with Crippen LogP contribution in [0.3, 0.4) is 0 Å². The lowest BCUT2D eigenvalue weighted by molar-refractivity contribution is -0.144. The van der Waals surface area contributed by atoms with E-state index < -0.39 is 0 Å². The molecule has 0 aromatic rings. The number of piperidine rings is 4. The van der Waals surface area contributed by atoms with Crippen molar-refractivity contribution in [2.45, 2.75) is 64.0 Å². The number of nitrogens with zero attached hydrogens (tertiary/aromatic N) is 3. The number of hydrogen-bond acceptors (Lipinski definition) is 3. The number of amides is 4. The van der Waals surface area contributed by atoms with E-state index in [-0.39, 0.29) is 18.0 Å². The molecule has 7 nitrogen and oxygen atoms in total. The summed E-state index contributed by atoms with van der Waals surface area (Å²) in [5.41, 5.74) is 0. The Balaban J connectivity index is 1.33. The highest BCUT2D eigenvalue weighted by Crippen LogP contribution is 2.38. The lowest BCUT2D eigenvalue weighted by atomic mass is 9.76. The predicted molar refractivity (Wildman–Crippen MR) is 101 cm³/mol. The van der Waals surface area contributed by atoms with Crippen LogP contribution in [-0.2, 0) is 9.59 Å². The largest absolute Gasteiger partial charge is 0.353 e. The van der Waals surface area contributed by atoms with Gasteiger partial charge in [-0.1, -0.05) is 6.92 Å². The van der Waals surface area contributed by atoms with Crippen LogP contribution in [0, 0.1) is 11.8 Å². The molecule has 3 atom stereocenters. The first-order valence-corrected chi connectivity index (χ1v) is 10.7. The van der Waals surface area contributed by atoms with Gasteiger partial charge in [-0.05, 0) is 43.9 Å². The molecule has 4 amide bonds. The first-order valence-electron chi connectivity index (χ1n) is 10.7. The molecule has 4 aliphatic heterocycles. The molecule has 4 rings (SSSR count). The number of urea groups is 1. The maximum Gasteiger partial charge on any atom is 0.320 e. The van der Waals surface area contributed by atoms with Gasteiger partial charge in [-0.15, -0.1) is 0 Å². The Morgan fingerprint density at radius 2 is 1.85 bits per heavy atom. The van der Waals surface area contributed by atoms with Crippen molar-refractivity contribution >= 4 is 17.8 Å². The molecular weight excluding hydrogens is 344 g/mol. The third-order valence-electron chi connectivity index (χ3n) is 6.90. The third-order valence-corrected chi connectivity index (χ3v) is 6.90. The fourth-order valence-corrected chi connectivity index (χ4v) is 5.51. The summed E-state index contributed by atoms with van der Waals surface area (Å²) < 4.78 is 0. The van der Waals surface area contributed by atoms with Crippen LogP contribution in [0.25, 0.3) is 0 Å². The van der Waals surface area contributed by atoms with Crippen LogP contribution in [0.1, 0.15) is 51.9 Å². The van der Waals surface area contributed by atoms with Crippen LogP contribution in [-0.4, -0.2) is 77.4 Å². The second kappa shape index (κ2) is 7.68. The summed E-state index contributed by atoms with van der Waals surface area (Å²) in [4.78, 5) is 43.0. The van der Waals surface area contributed by atoms with E-state index in [0.29, 0.717) is 49.7 Å². The molecule has 0 aliphatic carbocycles. The minimum Gasteiger partial charge on any atom is -0.353 e. The first kappa shape index (κ1) is 18.6. The van der Waals surface area contributed by atoms with Crippen LogP contribution < -0.4 is 5.32 Å². The summed E-state index contributed by atoms with van der Waals surface area (Å²) in [6.07, 6.45) is 6.12. The zero-order valence-electron chi connectivity index (χ0n) is 16.4. The van der Waals surface area contributed by atoms with Gasteiger partial charge in [0.1, 0.15) is 0 Å². The topological polar surface area (TPSA) is 73.0 Å². The third kappa shape index (κ3) is 3.78. The molecule has 2 unspecified atom stereocenters. The van der Waals surface area contributed by atoms with Gasteiger partial charge in [-0.3, -0.25) is 9.59 Å². The molecule has 27 heavy (non-hydrogen) atoms. The van der Waals surface area contributed by atoms with E-state index >= 15 is 0 Å². The summed E-state index contributed by atoms with van der Waals surface area (Å²) >= 11 is 0. The van der Waals surface area contributed by atoms with E-state index in [1.807, 2.05) is 16.7 Å². The Bertz CT molecular complexity index is 602. The summed E-state index contributed by atoms with van der Waals surface area (Å²) in [6, 6.07) is 0.692. The first-order chi connectivity index (χ1) is 13.0. The summed E-state index contributed by atoms with van der Waals surface area (Å²) in [5, 5.41) is 3.05. The molecule has 0 aromatic carbocycles. The van der Waals surface area contributed by atoms with Crippen molar-refractivity contribution in [2.24, 2.45) is 11.8 Å². The summed E-state index contributed by atoms with van der Waals surface area (Å²) in [7, 11) is 0. The van der Waals surface area contributed by atoms with E-state index in [4.69, 9.17) is 0 Å². The Kier molecular flexibility index (Phi) is 5.28. The highest BCUT2D eigenvalue weighted by atomic mass is 16.2. The van der Waals surface area contributed by atoms with Crippen molar-refractivity contribution < 1.29 is 14.4 Å². The summed E-state index contributed by atoms with van der Waals surface area (Å²) in [6.45, 7) is 5.69. The molecule has 2 bridgehead atoms. The van der Waals surface area contributed by atoms with Crippen molar-refractivity contribution in [3.8, 4) is 0 Å². The zero-order chi connectivity index (χ0) is 19.0. The number of likely N-dealkylation sites (tertiary alicyclic amines) is 2. The van der Waals surface area contributed by atoms with Gasteiger partial charge in [0.25, 0.3) is 0 Å². The van der Waals surface area contributed by atoms with Crippen LogP contribution in [0.2, 0.25) is 0 Å². The highest BCUT2D eigenvalue weighted by Gasteiger charge is 2.45. The van der Waals surface area contributed by atoms with Crippen molar-refractivity contribution in [1.29, 1.82) is 0 Å². The van der Waals surface area contributed by atoms with Crippen LogP contribution in [0.15, 0.2) is 0 Å². The van der Waals surface area contributed by atoms with E-state index in [9.17, 15) is 14.4 Å². The van der Waals surface area contributed by atoms with Gasteiger partial charge >= 0.3 is 6.03 Å². The van der Waals surface area contributed by atoms with E-state index in [0.717, 1.165) is 51.7 Å². The molecule has 4 fully saturated rings. The minimum absolute atomic E-state index is 0.0928. The van der Waals surface area contributed by atoms with Gasteiger partial charge in [0, 0.05) is 57.6 Å². The molecule has 1 N–H and O–H groups in total. The number of rotatable bonds is 2. The van der Waals surface area contributed by atoms with Gasteiger partial charge in [-0.25, -0.2) is 4.79 Å². The van der Waals surface area contributed by atoms with Gasteiger partial charge in [0.2, 0.25) is 11.8 Å². The quantitative estimate of drug-likeness (QED) is 0.792. The van der Waals surface area contributed by atoms with Gasteiger partial charge in [0.05, 0.1) is 0 Å². The average molecular weight is 377 g/mol. The summed E-state index contributed by atoms with van der Waals surface area (Å²) in [5.74, 6) is 1.27. The van der Waals surface area contributed by atoms with E-state index in [1.54, 1.807) is 0 Å². The Hall–Kier alpha value is -1.79. The van der Waals surface area contributed by atoms with Crippen molar-refractivity contribution in [3.63, 3.8) is 0 Å². The molecule has 4 saturated heterocycles. The number of carbonyl (C=O) groups excluding carboxylic acids is 3. The maximum absolute atomic E-state index is 13.1. The van der Waals surface area contributed by atoms with Gasteiger partial charge in [-0.2, -0.15) is 0 Å². The zero-order valence-corrected chi connectivity index (χ0v) is 16.4. The van der Waals surface area contributed by atoms with Crippen LogP contribution in [0.5, 0.6) is 0 Å². The fraction of sp³-hybridized carbons (Fsp3) is 0.850. The second-order valence-electron chi connectivity index (χ2n) is 8.74. The number of nitrogens with one attached hydrogen (secondary N) is 1. The minimum atomic E-state index is 0.0928. The van der Waals surface area contributed by atoms with Gasteiger partial charge in [0.15, 0.2) is 0 Å². The lowest BCUT2D eigenvalue weighted by Gasteiger charge is -2.53. The molecular formula is C20H32N4O3. The molecule has 0 aromatic heterocycles. The monoisotopic (exact) mass is 376 g/mol. The molecule has 0 saturated carbocycles. The number of fused-ring (bicyclic) bond motifs is 4. The SMILES string of the molecule is CCC(=O)NC1CCN(C(=O)N2CC3CC(C2)[C@H]2CCCC(=O)N2C3)CC1. The molecule has 0 spiro atoms. The van der Waals surface area contributed by atoms with Crippen LogP contribution in [0.4, 0.5) is 4.79 Å². The lowest BCUT2D eigenvalue weighted by Crippen LogP contribution is -2.62. The van der Waals surface area contributed by atoms with Crippen LogP contribution >= 0.6 is 0 Å². The Morgan fingerprint density at radius 1 is 1.07 bits per heavy atom. The Morgan fingerprint density at radius 3 is 2.59 bits per heavy atom. The van der Waals surface area contributed by atoms with Gasteiger partial charge < -0.3 is 20.0 Å². The smallest absolute Gasteiger partial charge is 0.320 e. The van der Waals surface area contributed by atoms with Crippen molar-refractivity contribution in [1.82, 2.24) is 20.0 Å². The number of hydrogen-bond donors (Lipinski definition) is 1. The predicted octanol–water partition coefficient (Wildman–Crippen LogP) is 1.43. The molecule has 150 valence electrons. The van der Waals surface area contributed by atoms with Crippen molar-refractivity contribution in [2.75, 3.05) is 32.7 Å². The maximum atomic E-state index is 13.1. The molecule has 7 heteroatoms. The Labute approximate surface area is 161 Å². The average Bonchev–Trinajstić information content (AvgIpc) is 2.68. The van der Waals surface area contributed by atoms with E-state index in [2.05, 4.69) is 10.2 Å². The fourth-order valence-electron chi connectivity index (χ4n) is 5.51. The molecule has 0 radical (unpaired) electrons. The van der Waals surface area contributed by atoms with E-state index in [1.165, 1.54) is 0 Å². The molecule has 4 aliphatic rings. The van der Waals surface area contributed by atoms with Crippen molar-refractivity contribution in [3.05, 3.63) is 0 Å². The standard InChI is InChI=1S/C20H32N4O3/c1-2-18(25)21-16-6-8-22(9-7-16)20(27)23-11-14-10-15(13-23)17-4-3-5-19(26)24(17)12-14/h14-17H,2-13H2,1H3,(H,21,25)/t14?,15?,17-/m1/s1. The second-order valence-corrected chi connectivity index (χ2v) is 8.74. The highest BCUT2D eigenvalue weighted by molar-refractivity contribution is 5.78. The number of carbonyl (C=O) groups is 3. The normalized spacial score (nSPS) is 31.5.